The third-order valence-corrected chi connectivity index (χ3v) is 4.21. The highest BCUT2D eigenvalue weighted by Gasteiger charge is 2.33. The molecule has 1 fully saturated rings. The lowest BCUT2D eigenvalue weighted by Crippen LogP contribution is -2.43. The highest BCUT2D eigenvalue weighted by molar-refractivity contribution is 5.03. The van der Waals surface area contributed by atoms with E-state index in [1.165, 1.54) is 31.2 Å². The van der Waals surface area contributed by atoms with Crippen molar-refractivity contribution in [2.45, 2.75) is 59.0 Å². The van der Waals surface area contributed by atoms with Gasteiger partial charge < -0.3 is 5.32 Å². The van der Waals surface area contributed by atoms with Crippen LogP contribution in [-0.2, 0) is 13.6 Å². The molecule has 1 aliphatic carbocycles. The van der Waals surface area contributed by atoms with Gasteiger partial charge in [-0.1, -0.05) is 33.6 Å². The fourth-order valence-corrected chi connectivity index (χ4v) is 3.22. The average Bonchev–Trinajstić information content (AvgIpc) is 2.72. The molecule has 1 saturated carbocycles. The van der Waals surface area contributed by atoms with Crippen molar-refractivity contribution in [2.75, 3.05) is 0 Å². The third kappa shape index (κ3) is 3.35. The van der Waals surface area contributed by atoms with Gasteiger partial charge in [0.2, 0.25) is 0 Å². The lowest BCUT2D eigenvalue weighted by Gasteiger charge is -2.41. The molecule has 0 bridgehead atoms. The second kappa shape index (κ2) is 5.43. The fourth-order valence-electron chi connectivity index (χ4n) is 3.22. The van der Waals surface area contributed by atoms with Gasteiger partial charge >= 0.3 is 0 Å². The first-order valence-electron chi connectivity index (χ1n) is 7.18. The molecule has 1 aromatic heterocycles. The molecule has 0 radical (unpaired) electrons. The quantitative estimate of drug-likeness (QED) is 0.892. The van der Waals surface area contributed by atoms with E-state index >= 15 is 0 Å². The van der Waals surface area contributed by atoms with E-state index in [9.17, 15) is 0 Å². The van der Waals surface area contributed by atoms with Crippen molar-refractivity contribution < 1.29 is 0 Å². The van der Waals surface area contributed by atoms with Crippen LogP contribution in [0.5, 0.6) is 0 Å². The zero-order valence-electron chi connectivity index (χ0n) is 12.2. The largest absolute Gasteiger partial charge is 0.310 e. The number of hydrogen-bond donors (Lipinski definition) is 1. The van der Waals surface area contributed by atoms with Crippen LogP contribution < -0.4 is 5.32 Å². The van der Waals surface area contributed by atoms with Gasteiger partial charge in [0.1, 0.15) is 0 Å². The van der Waals surface area contributed by atoms with E-state index in [2.05, 4.69) is 37.4 Å². The zero-order valence-corrected chi connectivity index (χ0v) is 12.2. The molecule has 0 spiro atoms. The second-order valence-corrected chi connectivity index (χ2v) is 6.77. The first-order valence-corrected chi connectivity index (χ1v) is 7.18. The predicted octanol–water partition coefficient (Wildman–Crippen LogP) is 3.11. The second-order valence-electron chi connectivity index (χ2n) is 6.77. The summed E-state index contributed by atoms with van der Waals surface area (Å²) in [6.45, 7) is 8.08. The topological polar surface area (TPSA) is 29.9 Å². The van der Waals surface area contributed by atoms with Crippen molar-refractivity contribution in [2.24, 2.45) is 18.4 Å². The van der Waals surface area contributed by atoms with Crippen molar-refractivity contribution in [3.63, 3.8) is 0 Å². The van der Waals surface area contributed by atoms with Crippen molar-refractivity contribution >= 4 is 0 Å². The van der Waals surface area contributed by atoms with Gasteiger partial charge in [0, 0.05) is 31.4 Å². The smallest absolute Gasteiger partial charge is 0.0534 e. The van der Waals surface area contributed by atoms with Gasteiger partial charge in [-0.3, -0.25) is 4.68 Å². The highest BCUT2D eigenvalue weighted by Crippen LogP contribution is 2.38. The van der Waals surface area contributed by atoms with Gasteiger partial charge in [-0.2, -0.15) is 5.10 Å². The van der Waals surface area contributed by atoms with E-state index in [1.807, 2.05) is 17.9 Å². The van der Waals surface area contributed by atoms with Crippen LogP contribution in [0.4, 0.5) is 0 Å². The Balaban J connectivity index is 1.93. The molecule has 2 atom stereocenters. The summed E-state index contributed by atoms with van der Waals surface area (Å²) in [5.74, 6) is 0.794. The molecule has 1 N–H and O–H groups in total. The molecule has 1 aliphatic rings. The third-order valence-electron chi connectivity index (χ3n) is 4.21. The summed E-state index contributed by atoms with van der Waals surface area (Å²) in [5, 5.41) is 7.98. The van der Waals surface area contributed by atoms with Crippen molar-refractivity contribution in [3.05, 3.63) is 18.0 Å². The summed E-state index contributed by atoms with van der Waals surface area (Å²) in [5.41, 5.74) is 1.70. The Morgan fingerprint density at radius 3 is 2.67 bits per heavy atom. The summed E-state index contributed by atoms with van der Waals surface area (Å²) < 4.78 is 1.87. The molecule has 2 unspecified atom stereocenters. The first kappa shape index (κ1) is 13.6. The summed E-state index contributed by atoms with van der Waals surface area (Å²) in [6, 6.07) is 0.666. The van der Waals surface area contributed by atoms with E-state index in [-0.39, 0.29) is 0 Å². The maximum absolute atomic E-state index is 4.22. The molecule has 102 valence electrons. The minimum Gasteiger partial charge on any atom is -0.310 e. The number of aryl methyl sites for hydroxylation is 1. The summed E-state index contributed by atoms with van der Waals surface area (Å²) >= 11 is 0. The van der Waals surface area contributed by atoms with E-state index < -0.39 is 0 Å². The lowest BCUT2D eigenvalue weighted by atomic mass is 9.69. The molecule has 2 rings (SSSR count). The molecule has 1 aromatic rings. The number of nitrogens with one attached hydrogen (secondary N) is 1. The standard InChI is InChI=1S/C15H27N3/c1-15(2,3)13-7-5-6-8-14(13)16-9-12-10-17-18(4)11-12/h10-11,13-14,16H,5-9H2,1-4H3. The van der Waals surface area contributed by atoms with Gasteiger partial charge in [-0.05, 0) is 24.2 Å². The van der Waals surface area contributed by atoms with Gasteiger partial charge in [0.05, 0.1) is 6.20 Å². The van der Waals surface area contributed by atoms with Crippen LogP contribution >= 0.6 is 0 Å². The maximum atomic E-state index is 4.22. The fraction of sp³-hybridized carbons (Fsp3) is 0.800. The van der Waals surface area contributed by atoms with Crippen LogP contribution in [0.2, 0.25) is 0 Å². The maximum Gasteiger partial charge on any atom is 0.0534 e. The zero-order chi connectivity index (χ0) is 13.2. The lowest BCUT2D eigenvalue weighted by molar-refractivity contribution is 0.130. The highest BCUT2D eigenvalue weighted by atomic mass is 15.2. The summed E-state index contributed by atoms with van der Waals surface area (Å²) in [6.07, 6.45) is 9.52. The Morgan fingerprint density at radius 1 is 1.33 bits per heavy atom. The van der Waals surface area contributed by atoms with Crippen LogP contribution in [0, 0.1) is 11.3 Å². The average molecular weight is 249 g/mol. The number of rotatable bonds is 3. The van der Waals surface area contributed by atoms with Crippen molar-refractivity contribution in [3.8, 4) is 0 Å². The minimum absolute atomic E-state index is 0.410. The molecule has 0 saturated heterocycles. The van der Waals surface area contributed by atoms with E-state index in [0.29, 0.717) is 11.5 Å². The molecule has 0 aromatic carbocycles. The predicted molar refractivity (Wildman–Crippen MR) is 75.2 cm³/mol. The van der Waals surface area contributed by atoms with Gasteiger partial charge in [0.15, 0.2) is 0 Å². The van der Waals surface area contributed by atoms with Crippen LogP contribution in [0.3, 0.4) is 0 Å². The van der Waals surface area contributed by atoms with Crippen LogP contribution in [0.15, 0.2) is 12.4 Å². The molecule has 3 nitrogen and oxygen atoms in total. The van der Waals surface area contributed by atoms with Gasteiger partial charge in [-0.25, -0.2) is 0 Å². The molecule has 0 amide bonds. The van der Waals surface area contributed by atoms with E-state index in [4.69, 9.17) is 0 Å². The molecule has 1 heterocycles. The van der Waals surface area contributed by atoms with Gasteiger partial charge in [0.25, 0.3) is 0 Å². The normalized spacial score (nSPS) is 25.3. The Hall–Kier alpha value is -0.830. The minimum atomic E-state index is 0.410. The molecular formula is C15H27N3. The van der Waals surface area contributed by atoms with E-state index in [1.54, 1.807) is 0 Å². The Labute approximate surface area is 111 Å². The first-order chi connectivity index (χ1) is 8.47. The van der Waals surface area contributed by atoms with Crippen molar-refractivity contribution in [1.29, 1.82) is 0 Å². The SMILES string of the molecule is Cn1cc(CNC2CCCCC2C(C)(C)C)cn1. The van der Waals surface area contributed by atoms with Crippen molar-refractivity contribution in [1.82, 2.24) is 15.1 Å². The number of nitrogens with zero attached hydrogens (tertiary/aromatic N) is 2. The Morgan fingerprint density at radius 2 is 2.06 bits per heavy atom. The molecule has 3 heteroatoms. The summed E-state index contributed by atoms with van der Waals surface area (Å²) in [4.78, 5) is 0. The van der Waals surface area contributed by atoms with Crippen LogP contribution in [-0.4, -0.2) is 15.8 Å². The monoisotopic (exact) mass is 249 g/mol. The molecular weight excluding hydrogens is 222 g/mol. The Kier molecular flexibility index (Phi) is 4.10. The van der Waals surface area contributed by atoms with Gasteiger partial charge in [-0.15, -0.1) is 0 Å². The summed E-state index contributed by atoms with van der Waals surface area (Å²) in [7, 11) is 1.97. The van der Waals surface area contributed by atoms with E-state index in [0.717, 1.165) is 12.5 Å². The van der Waals surface area contributed by atoms with Crippen LogP contribution in [0.25, 0.3) is 0 Å². The number of hydrogen-bond acceptors (Lipinski definition) is 2. The Bertz CT molecular complexity index is 375. The number of aromatic nitrogens is 2. The van der Waals surface area contributed by atoms with Crippen LogP contribution in [0.1, 0.15) is 52.0 Å². The molecule has 18 heavy (non-hydrogen) atoms. The molecule has 0 aliphatic heterocycles.